The van der Waals surface area contributed by atoms with Crippen molar-refractivity contribution < 1.29 is 4.79 Å². The van der Waals surface area contributed by atoms with Crippen LogP contribution in [0, 0.1) is 0 Å². The number of pyridine rings is 1. The molecule has 0 aliphatic rings. The standard InChI is InChI=1S/C20H18N2O/c1-15(16-5-3-2-4-6-16)22-20(23)19-9-7-17(8-10-19)18-11-13-21-14-12-18/h2-15H,1H3,(H,22,23)/t15-/m0/s1. The molecule has 0 radical (unpaired) electrons. The third kappa shape index (κ3) is 3.64. The maximum Gasteiger partial charge on any atom is 0.251 e. The minimum atomic E-state index is -0.0670. The average Bonchev–Trinajstić information content (AvgIpc) is 2.63. The molecule has 1 atom stereocenters. The molecule has 1 heterocycles. The molecule has 1 amide bonds. The van der Waals surface area contributed by atoms with E-state index in [4.69, 9.17) is 0 Å². The molecule has 0 aliphatic heterocycles. The molecular weight excluding hydrogens is 284 g/mol. The van der Waals surface area contributed by atoms with Gasteiger partial charge in [0, 0.05) is 18.0 Å². The van der Waals surface area contributed by atoms with Gasteiger partial charge in [-0.2, -0.15) is 0 Å². The van der Waals surface area contributed by atoms with Crippen LogP contribution in [0.1, 0.15) is 28.9 Å². The largest absolute Gasteiger partial charge is 0.346 e. The topological polar surface area (TPSA) is 42.0 Å². The van der Waals surface area contributed by atoms with E-state index in [0.717, 1.165) is 16.7 Å². The van der Waals surface area contributed by atoms with E-state index in [1.165, 1.54) is 0 Å². The third-order valence-corrected chi connectivity index (χ3v) is 3.81. The smallest absolute Gasteiger partial charge is 0.251 e. The van der Waals surface area contributed by atoms with E-state index >= 15 is 0 Å². The molecule has 3 aromatic rings. The molecule has 114 valence electrons. The van der Waals surface area contributed by atoms with Crippen LogP contribution in [0.3, 0.4) is 0 Å². The summed E-state index contributed by atoms with van der Waals surface area (Å²) in [4.78, 5) is 16.4. The molecule has 3 heteroatoms. The Kier molecular flexibility index (Phi) is 4.48. The van der Waals surface area contributed by atoms with Crippen LogP contribution in [-0.2, 0) is 0 Å². The van der Waals surface area contributed by atoms with Gasteiger partial charge in [0.25, 0.3) is 5.91 Å². The van der Waals surface area contributed by atoms with Crippen molar-refractivity contribution >= 4 is 5.91 Å². The molecule has 3 rings (SSSR count). The Morgan fingerprint density at radius 2 is 1.48 bits per heavy atom. The van der Waals surface area contributed by atoms with E-state index < -0.39 is 0 Å². The number of aromatic nitrogens is 1. The number of carbonyl (C=O) groups excluding carboxylic acids is 1. The monoisotopic (exact) mass is 302 g/mol. The zero-order valence-electron chi connectivity index (χ0n) is 12.9. The van der Waals surface area contributed by atoms with E-state index in [1.807, 2.05) is 73.7 Å². The first-order chi connectivity index (χ1) is 11.2. The van der Waals surface area contributed by atoms with Crippen LogP contribution in [0.15, 0.2) is 79.1 Å². The SMILES string of the molecule is C[C@H](NC(=O)c1ccc(-c2ccncc2)cc1)c1ccccc1. The number of carbonyl (C=O) groups is 1. The molecular formula is C20H18N2O. The van der Waals surface area contributed by atoms with Crippen LogP contribution >= 0.6 is 0 Å². The highest BCUT2D eigenvalue weighted by molar-refractivity contribution is 5.94. The molecule has 0 aliphatic carbocycles. The summed E-state index contributed by atoms with van der Waals surface area (Å²) >= 11 is 0. The van der Waals surface area contributed by atoms with Gasteiger partial charge >= 0.3 is 0 Å². The van der Waals surface area contributed by atoms with Gasteiger partial charge in [-0.1, -0.05) is 42.5 Å². The van der Waals surface area contributed by atoms with Crippen molar-refractivity contribution in [1.29, 1.82) is 0 Å². The zero-order chi connectivity index (χ0) is 16.1. The van der Waals surface area contributed by atoms with Crippen LogP contribution in [0.4, 0.5) is 0 Å². The predicted molar refractivity (Wildman–Crippen MR) is 92.0 cm³/mol. The van der Waals surface area contributed by atoms with Crippen LogP contribution in [0.2, 0.25) is 0 Å². The molecule has 2 aromatic carbocycles. The third-order valence-electron chi connectivity index (χ3n) is 3.81. The summed E-state index contributed by atoms with van der Waals surface area (Å²) in [5.74, 6) is -0.0670. The summed E-state index contributed by atoms with van der Waals surface area (Å²) in [7, 11) is 0. The van der Waals surface area contributed by atoms with Crippen molar-refractivity contribution in [1.82, 2.24) is 10.3 Å². The second kappa shape index (κ2) is 6.88. The first-order valence-corrected chi connectivity index (χ1v) is 7.60. The maximum atomic E-state index is 12.4. The molecule has 0 spiro atoms. The number of hydrogen-bond donors (Lipinski definition) is 1. The number of nitrogens with one attached hydrogen (secondary N) is 1. The van der Waals surface area contributed by atoms with E-state index in [2.05, 4.69) is 10.3 Å². The highest BCUT2D eigenvalue weighted by Crippen LogP contribution is 2.19. The summed E-state index contributed by atoms with van der Waals surface area (Å²) in [5, 5.41) is 3.02. The summed E-state index contributed by atoms with van der Waals surface area (Å²) in [6.07, 6.45) is 3.52. The number of hydrogen-bond acceptors (Lipinski definition) is 2. The van der Waals surface area contributed by atoms with Crippen molar-refractivity contribution in [2.24, 2.45) is 0 Å². The van der Waals surface area contributed by atoms with Gasteiger partial charge in [0.15, 0.2) is 0 Å². The van der Waals surface area contributed by atoms with E-state index in [1.54, 1.807) is 12.4 Å². The second-order valence-electron chi connectivity index (χ2n) is 5.42. The van der Waals surface area contributed by atoms with Crippen LogP contribution in [0.25, 0.3) is 11.1 Å². The first-order valence-electron chi connectivity index (χ1n) is 7.60. The van der Waals surface area contributed by atoms with E-state index in [0.29, 0.717) is 5.56 Å². The Labute approximate surface area is 136 Å². The highest BCUT2D eigenvalue weighted by Gasteiger charge is 2.11. The Bertz CT molecular complexity index is 768. The lowest BCUT2D eigenvalue weighted by molar-refractivity contribution is 0.0940. The van der Waals surface area contributed by atoms with Crippen LogP contribution in [-0.4, -0.2) is 10.9 Å². The Morgan fingerprint density at radius 3 is 2.13 bits per heavy atom. The normalized spacial score (nSPS) is 11.7. The van der Waals surface area contributed by atoms with Crippen LogP contribution in [0.5, 0.6) is 0 Å². The molecule has 0 saturated heterocycles. The Hall–Kier alpha value is -2.94. The number of rotatable bonds is 4. The first kappa shape index (κ1) is 15.0. The lowest BCUT2D eigenvalue weighted by Gasteiger charge is -2.14. The fourth-order valence-electron chi connectivity index (χ4n) is 2.46. The van der Waals surface area contributed by atoms with Gasteiger partial charge < -0.3 is 5.32 Å². The lowest BCUT2D eigenvalue weighted by atomic mass is 10.0. The minimum absolute atomic E-state index is 0.0245. The zero-order valence-corrected chi connectivity index (χ0v) is 12.9. The van der Waals surface area contributed by atoms with E-state index in [9.17, 15) is 4.79 Å². The summed E-state index contributed by atoms with van der Waals surface area (Å²) in [6, 6.07) is 21.4. The average molecular weight is 302 g/mol. The lowest BCUT2D eigenvalue weighted by Crippen LogP contribution is -2.26. The molecule has 0 unspecified atom stereocenters. The summed E-state index contributed by atoms with van der Waals surface area (Å²) in [5.41, 5.74) is 3.91. The molecule has 1 N–H and O–H groups in total. The number of benzene rings is 2. The van der Waals surface area contributed by atoms with Crippen molar-refractivity contribution in [2.75, 3.05) is 0 Å². The van der Waals surface area contributed by atoms with Gasteiger partial charge in [0.05, 0.1) is 6.04 Å². The Balaban J connectivity index is 1.71. The maximum absolute atomic E-state index is 12.4. The van der Waals surface area contributed by atoms with Gasteiger partial charge in [-0.05, 0) is 47.9 Å². The fourth-order valence-corrected chi connectivity index (χ4v) is 2.46. The van der Waals surface area contributed by atoms with E-state index in [-0.39, 0.29) is 11.9 Å². The Morgan fingerprint density at radius 1 is 0.870 bits per heavy atom. The quantitative estimate of drug-likeness (QED) is 0.783. The molecule has 1 aromatic heterocycles. The van der Waals surface area contributed by atoms with Crippen molar-refractivity contribution in [3.63, 3.8) is 0 Å². The minimum Gasteiger partial charge on any atom is -0.346 e. The summed E-state index contributed by atoms with van der Waals surface area (Å²) < 4.78 is 0. The van der Waals surface area contributed by atoms with Gasteiger partial charge in [-0.15, -0.1) is 0 Å². The number of nitrogens with zero attached hydrogens (tertiary/aromatic N) is 1. The summed E-state index contributed by atoms with van der Waals surface area (Å²) in [6.45, 7) is 1.98. The van der Waals surface area contributed by atoms with Crippen molar-refractivity contribution in [3.05, 3.63) is 90.3 Å². The fraction of sp³-hybridized carbons (Fsp3) is 0.100. The molecule has 3 nitrogen and oxygen atoms in total. The predicted octanol–water partition coefficient (Wildman–Crippen LogP) is 4.24. The number of amides is 1. The highest BCUT2D eigenvalue weighted by atomic mass is 16.1. The van der Waals surface area contributed by atoms with Gasteiger partial charge in [0.2, 0.25) is 0 Å². The second-order valence-corrected chi connectivity index (χ2v) is 5.42. The van der Waals surface area contributed by atoms with Gasteiger partial charge in [0.1, 0.15) is 0 Å². The van der Waals surface area contributed by atoms with Crippen molar-refractivity contribution in [3.8, 4) is 11.1 Å². The molecule has 0 fully saturated rings. The molecule has 23 heavy (non-hydrogen) atoms. The van der Waals surface area contributed by atoms with Crippen LogP contribution < -0.4 is 5.32 Å². The van der Waals surface area contributed by atoms with Crippen molar-refractivity contribution in [2.45, 2.75) is 13.0 Å². The molecule has 0 saturated carbocycles. The van der Waals surface area contributed by atoms with Gasteiger partial charge in [-0.25, -0.2) is 0 Å². The molecule has 0 bridgehead atoms. The van der Waals surface area contributed by atoms with Gasteiger partial charge in [-0.3, -0.25) is 9.78 Å².